The quantitative estimate of drug-likeness (QED) is 0.474. The lowest BCUT2D eigenvalue weighted by Gasteiger charge is -2.36. The van der Waals surface area contributed by atoms with E-state index in [1.807, 2.05) is 39.2 Å². The molecule has 0 unspecified atom stereocenters. The summed E-state index contributed by atoms with van der Waals surface area (Å²) in [6, 6.07) is 2.03. The topological polar surface area (TPSA) is 87.1 Å². The number of ether oxygens (including phenoxy) is 1. The molecule has 0 aliphatic carbocycles. The highest BCUT2D eigenvalue weighted by Crippen LogP contribution is 2.10. The standard InChI is InChI=1S/C20H35N5O3S/c1-5-22-20(23-9-7-19-6-8-21-16-18(19)4)24-10-12-25(13-11-24)29(26,27)15-14-28-17(2)3/h6,8,16-17H,5,7,9-15H2,1-4H3,(H,22,23). The molecule has 2 heterocycles. The largest absolute Gasteiger partial charge is 0.378 e. The van der Waals surface area contributed by atoms with Crippen LogP contribution in [0.5, 0.6) is 0 Å². The fourth-order valence-corrected chi connectivity index (χ4v) is 4.47. The highest BCUT2D eigenvalue weighted by molar-refractivity contribution is 7.89. The molecule has 1 saturated heterocycles. The molecule has 29 heavy (non-hydrogen) atoms. The van der Waals surface area contributed by atoms with E-state index in [1.54, 1.807) is 4.31 Å². The van der Waals surface area contributed by atoms with E-state index in [-0.39, 0.29) is 18.5 Å². The van der Waals surface area contributed by atoms with Crippen molar-refractivity contribution in [1.82, 2.24) is 19.5 Å². The van der Waals surface area contributed by atoms with Crippen LogP contribution in [0.3, 0.4) is 0 Å². The van der Waals surface area contributed by atoms with Gasteiger partial charge in [-0.05, 0) is 51.3 Å². The van der Waals surface area contributed by atoms with Crippen LogP contribution < -0.4 is 5.32 Å². The predicted molar refractivity (Wildman–Crippen MR) is 117 cm³/mol. The molecule has 0 bridgehead atoms. The van der Waals surface area contributed by atoms with E-state index in [0.29, 0.717) is 32.7 Å². The fraction of sp³-hybridized carbons (Fsp3) is 0.700. The molecule has 164 valence electrons. The Morgan fingerprint density at radius 1 is 1.31 bits per heavy atom. The van der Waals surface area contributed by atoms with E-state index in [2.05, 4.69) is 22.1 Å². The first kappa shape index (κ1) is 23.6. The second-order valence-electron chi connectivity index (χ2n) is 7.41. The van der Waals surface area contributed by atoms with Crippen molar-refractivity contribution in [1.29, 1.82) is 0 Å². The molecular weight excluding hydrogens is 390 g/mol. The monoisotopic (exact) mass is 425 g/mol. The number of aliphatic imine (C=N–C) groups is 1. The molecule has 1 aromatic rings. The van der Waals surface area contributed by atoms with Gasteiger partial charge in [0.1, 0.15) is 0 Å². The first-order chi connectivity index (χ1) is 13.8. The number of sulfonamides is 1. The number of hydrogen-bond acceptors (Lipinski definition) is 5. The second kappa shape index (κ2) is 11.5. The van der Waals surface area contributed by atoms with Gasteiger partial charge in [0.15, 0.2) is 5.96 Å². The summed E-state index contributed by atoms with van der Waals surface area (Å²) in [7, 11) is -3.28. The first-order valence-electron chi connectivity index (χ1n) is 10.4. The third kappa shape index (κ3) is 7.56. The number of guanidine groups is 1. The lowest BCUT2D eigenvalue weighted by atomic mass is 10.1. The maximum absolute atomic E-state index is 12.5. The highest BCUT2D eigenvalue weighted by Gasteiger charge is 2.28. The molecule has 1 aliphatic rings. The average molecular weight is 426 g/mol. The molecule has 0 aromatic carbocycles. The van der Waals surface area contributed by atoms with Crippen molar-refractivity contribution < 1.29 is 13.2 Å². The molecule has 8 nitrogen and oxygen atoms in total. The maximum atomic E-state index is 12.5. The number of aryl methyl sites for hydroxylation is 1. The zero-order chi connectivity index (χ0) is 21.3. The van der Waals surface area contributed by atoms with Gasteiger partial charge in [0, 0.05) is 51.7 Å². The molecule has 0 saturated carbocycles. The van der Waals surface area contributed by atoms with Crippen LogP contribution in [0.1, 0.15) is 31.9 Å². The van der Waals surface area contributed by atoms with Crippen LogP contribution in [0.2, 0.25) is 0 Å². The van der Waals surface area contributed by atoms with Gasteiger partial charge in [-0.3, -0.25) is 9.98 Å². The number of rotatable bonds is 9. The summed E-state index contributed by atoms with van der Waals surface area (Å²) in [5, 5.41) is 3.33. The van der Waals surface area contributed by atoms with Crippen molar-refractivity contribution in [3.8, 4) is 0 Å². The molecule has 0 amide bonds. The minimum Gasteiger partial charge on any atom is -0.378 e. The van der Waals surface area contributed by atoms with Gasteiger partial charge in [-0.1, -0.05) is 0 Å². The summed E-state index contributed by atoms with van der Waals surface area (Å²) in [6.45, 7) is 11.8. The Kier molecular flexibility index (Phi) is 9.32. The zero-order valence-electron chi connectivity index (χ0n) is 18.1. The molecule has 1 aliphatic heterocycles. The second-order valence-corrected chi connectivity index (χ2v) is 9.50. The van der Waals surface area contributed by atoms with Crippen molar-refractivity contribution in [3.63, 3.8) is 0 Å². The first-order valence-corrected chi connectivity index (χ1v) is 12.0. The van der Waals surface area contributed by atoms with Gasteiger partial charge in [0.05, 0.1) is 18.5 Å². The third-order valence-electron chi connectivity index (χ3n) is 4.84. The summed E-state index contributed by atoms with van der Waals surface area (Å²) in [4.78, 5) is 11.0. The van der Waals surface area contributed by atoms with Gasteiger partial charge in [-0.2, -0.15) is 4.31 Å². The minimum atomic E-state index is -3.28. The van der Waals surface area contributed by atoms with Crippen LogP contribution in [0.15, 0.2) is 23.5 Å². The predicted octanol–water partition coefficient (Wildman–Crippen LogP) is 1.27. The fourth-order valence-electron chi connectivity index (χ4n) is 3.19. The van der Waals surface area contributed by atoms with Gasteiger partial charge in [-0.15, -0.1) is 0 Å². The zero-order valence-corrected chi connectivity index (χ0v) is 18.9. The van der Waals surface area contributed by atoms with E-state index in [1.165, 1.54) is 11.1 Å². The molecular formula is C20H35N5O3S. The lowest BCUT2D eigenvalue weighted by molar-refractivity contribution is 0.0904. The van der Waals surface area contributed by atoms with E-state index in [4.69, 9.17) is 9.73 Å². The maximum Gasteiger partial charge on any atom is 0.216 e. The smallest absolute Gasteiger partial charge is 0.216 e. The molecule has 1 fully saturated rings. The van der Waals surface area contributed by atoms with E-state index >= 15 is 0 Å². The van der Waals surface area contributed by atoms with E-state index < -0.39 is 10.0 Å². The lowest BCUT2D eigenvalue weighted by Crippen LogP contribution is -2.54. The van der Waals surface area contributed by atoms with Crippen molar-refractivity contribution >= 4 is 16.0 Å². The van der Waals surface area contributed by atoms with Gasteiger partial charge in [0.2, 0.25) is 10.0 Å². The number of aromatic nitrogens is 1. The van der Waals surface area contributed by atoms with Crippen molar-refractivity contribution in [2.75, 3.05) is 51.6 Å². The van der Waals surface area contributed by atoms with Crippen LogP contribution in [0, 0.1) is 6.92 Å². The van der Waals surface area contributed by atoms with Gasteiger partial charge in [0.25, 0.3) is 0 Å². The number of nitrogens with one attached hydrogen (secondary N) is 1. The molecule has 9 heteroatoms. The van der Waals surface area contributed by atoms with Gasteiger partial charge in [-0.25, -0.2) is 8.42 Å². The molecule has 2 rings (SSSR count). The molecule has 1 aromatic heterocycles. The Labute approximate surface area is 175 Å². The van der Waals surface area contributed by atoms with E-state index in [9.17, 15) is 8.42 Å². The van der Waals surface area contributed by atoms with Gasteiger partial charge < -0.3 is 15.0 Å². The third-order valence-corrected chi connectivity index (χ3v) is 6.67. The van der Waals surface area contributed by atoms with Crippen LogP contribution >= 0.6 is 0 Å². The Morgan fingerprint density at radius 2 is 2.03 bits per heavy atom. The minimum absolute atomic E-state index is 0.0324. The summed E-state index contributed by atoms with van der Waals surface area (Å²) in [5.41, 5.74) is 2.42. The summed E-state index contributed by atoms with van der Waals surface area (Å²) >= 11 is 0. The van der Waals surface area contributed by atoms with Gasteiger partial charge >= 0.3 is 0 Å². The molecule has 0 atom stereocenters. The number of piperazine rings is 1. The summed E-state index contributed by atoms with van der Waals surface area (Å²) in [6.07, 6.45) is 4.57. The van der Waals surface area contributed by atoms with Crippen molar-refractivity contribution in [2.24, 2.45) is 4.99 Å². The SMILES string of the molecule is CCNC(=NCCc1ccncc1C)N1CCN(S(=O)(=O)CCOC(C)C)CC1. The summed E-state index contributed by atoms with van der Waals surface area (Å²) in [5.74, 6) is 0.879. The Bertz CT molecular complexity index is 759. The van der Waals surface area contributed by atoms with Crippen molar-refractivity contribution in [3.05, 3.63) is 29.6 Å². The normalized spacial score (nSPS) is 16.4. The van der Waals surface area contributed by atoms with Crippen LogP contribution in [0.4, 0.5) is 0 Å². The summed E-state index contributed by atoms with van der Waals surface area (Å²) < 4.78 is 32.0. The molecule has 0 radical (unpaired) electrons. The van der Waals surface area contributed by atoms with E-state index in [0.717, 1.165) is 18.9 Å². The van der Waals surface area contributed by atoms with Crippen LogP contribution in [-0.2, 0) is 21.2 Å². The molecule has 1 N–H and O–H groups in total. The molecule has 0 spiro atoms. The Morgan fingerprint density at radius 3 is 2.66 bits per heavy atom. The van der Waals surface area contributed by atoms with Crippen LogP contribution in [-0.4, -0.2) is 86.3 Å². The number of nitrogens with zero attached hydrogens (tertiary/aromatic N) is 4. The van der Waals surface area contributed by atoms with Crippen LogP contribution in [0.25, 0.3) is 0 Å². The average Bonchev–Trinajstić information content (AvgIpc) is 2.68. The van der Waals surface area contributed by atoms with Crippen molar-refractivity contribution in [2.45, 2.75) is 40.2 Å². The number of pyridine rings is 1. The Hall–Kier alpha value is -1.71. The highest BCUT2D eigenvalue weighted by atomic mass is 32.2. The number of hydrogen-bond donors (Lipinski definition) is 1. The Balaban J connectivity index is 1.89.